The summed E-state index contributed by atoms with van der Waals surface area (Å²) in [5, 5.41) is 10.6. The van der Waals surface area contributed by atoms with E-state index in [9.17, 15) is 10.1 Å². The fourth-order valence-electron chi connectivity index (χ4n) is 2.02. The lowest BCUT2D eigenvalue weighted by Crippen LogP contribution is -2.41. The van der Waals surface area contributed by atoms with E-state index in [1.165, 1.54) is 14.2 Å². The molecule has 1 rings (SSSR count). The number of nitrogens with zero attached hydrogens (tertiary/aromatic N) is 3. The molecule has 0 saturated heterocycles. The molecule has 7 nitrogen and oxygen atoms in total. The molecule has 0 fully saturated rings. The predicted octanol–water partition coefficient (Wildman–Crippen LogP) is 1.40. The zero-order valence-corrected chi connectivity index (χ0v) is 12.0. The van der Waals surface area contributed by atoms with Crippen LogP contribution in [0.15, 0.2) is 9.98 Å². The van der Waals surface area contributed by atoms with Gasteiger partial charge in [-0.3, -0.25) is 10.1 Å². The summed E-state index contributed by atoms with van der Waals surface area (Å²) in [6, 6.07) is -0.653. The standard InChI is InChI=1S/C12H21N3O4/c1-7(2)9-11(18-4)14-10(12(13-9)19-5)8(3)6-15(16)17/h7-10H,6H2,1-5H3/t8?,9-,10+/m1/s1. The highest BCUT2D eigenvalue weighted by Crippen LogP contribution is 2.21. The van der Waals surface area contributed by atoms with E-state index >= 15 is 0 Å². The highest BCUT2D eigenvalue weighted by atomic mass is 16.6. The first-order valence-corrected chi connectivity index (χ1v) is 6.25. The average molecular weight is 271 g/mol. The Balaban J connectivity index is 3.01. The maximum absolute atomic E-state index is 10.6. The second-order valence-electron chi connectivity index (χ2n) is 4.97. The van der Waals surface area contributed by atoms with Crippen molar-refractivity contribution in [1.29, 1.82) is 0 Å². The first-order valence-electron chi connectivity index (χ1n) is 6.25. The van der Waals surface area contributed by atoms with Crippen molar-refractivity contribution in [3.8, 4) is 0 Å². The third kappa shape index (κ3) is 3.65. The van der Waals surface area contributed by atoms with Crippen LogP contribution in [0.1, 0.15) is 20.8 Å². The van der Waals surface area contributed by atoms with Crippen molar-refractivity contribution in [3.63, 3.8) is 0 Å². The third-order valence-electron chi connectivity index (χ3n) is 3.06. The zero-order chi connectivity index (χ0) is 14.6. The van der Waals surface area contributed by atoms with Crippen molar-refractivity contribution in [3.05, 3.63) is 10.1 Å². The first kappa shape index (κ1) is 15.4. The summed E-state index contributed by atoms with van der Waals surface area (Å²) in [4.78, 5) is 19.2. The van der Waals surface area contributed by atoms with Crippen LogP contribution in [0.4, 0.5) is 0 Å². The zero-order valence-electron chi connectivity index (χ0n) is 12.0. The SMILES string of the molecule is COC1=N[C@H](C(C)C)C(OC)=N[C@H]1C(C)C[N+](=O)[O-]. The molecule has 108 valence electrons. The number of aliphatic imine (C=N–C) groups is 2. The molecule has 0 radical (unpaired) electrons. The van der Waals surface area contributed by atoms with Crippen LogP contribution < -0.4 is 0 Å². The van der Waals surface area contributed by atoms with Gasteiger partial charge in [0.25, 0.3) is 0 Å². The normalized spacial score (nSPS) is 24.5. The van der Waals surface area contributed by atoms with Gasteiger partial charge in [-0.1, -0.05) is 20.8 Å². The van der Waals surface area contributed by atoms with Gasteiger partial charge in [-0.15, -0.1) is 0 Å². The third-order valence-corrected chi connectivity index (χ3v) is 3.06. The quantitative estimate of drug-likeness (QED) is 0.571. The highest BCUT2D eigenvalue weighted by Gasteiger charge is 2.35. The molecular formula is C12H21N3O4. The summed E-state index contributed by atoms with van der Waals surface area (Å²) >= 11 is 0. The molecule has 0 bridgehead atoms. The lowest BCUT2D eigenvalue weighted by Gasteiger charge is -2.28. The number of nitro groups is 1. The fourth-order valence-corrected chi connectivity index (χ4v) is 2.02. The molecule has 1 unspecified atom stereocenters. The molecule has 0 spiro atoms. The first-order chi connectivity index (χ1) is 8.90. The summed E-state index contributed by atoms with van der Waals surface area (Å²) in [5.41, 5.74) is 0. The number of rotatable bonds is 4. The molecule has 19 heavy (non-hydrogen) atoms. The van der Waals surface area contributed by atoms with Gasteiger partial charge in [-0.05, 0) is 5.92 Å². The van der Waals surface area contributed by atoms with E-state index in [1.807, 2.05) is 13.8 Å². The Bertz CT molecular complexity index is 392. The van der Waals surface area contributed by atoms with Gasteiger partial charge < -0.3 is 9.47 Å². The Morgan fingerprint density at radius 3 is 2.05 bits per heavy atom. The molecule has 3 atom stereocenters. The van der Waals surface area contributed by atoms with Crippen LogP contribution in [0.5, 0.6) is 0 Å². The van der Waals surface area contributed by atoms with Gasteiger partial charge in [0.15, 0.2) is 0 Å². The molecule has 0 aromatic heterocycles. The van der Waals surface area contributed by atoms with Crippen LogP contribution in [-0.4, -0.2) is 49.6 Å². The van der Waals surface area contributed by atoms with Crippen LogP contribution >= 0.6 is 0 Å². The lowest BCUT2D eigenvalue weighted by molar-refractivity contribution is -0.487. The van der Waals surface area contributed by atoms with Gasteiger partial charge in [-0.2, -0.15) is 0 Å². The van der Waals surface area contributed by atoms with Crippen LogP contribution in [0.25, 0.3) is 0 Å². The predicted molar refractivity (Wildman–Crippen MR) is 72.3 cm³/mol. The van der Waals surface area contributed by atoms with Crippen LogP contribution in [-0.2, 0) is 9.47 Å². The molecule has 0 aliphatic carbocycles. The maximum Gasteiger partial charge on any atom is 0.210 e. The van der Waals surface area contributed by atoms with Crippen molar-refractivity contribution >= 4 is 11.8 Å². The van der Waals surface area contributed by atoms with E-state index in [1.54, 1.807) is 6.92 Å². The molecule has 0 saturated carbocycles. The minimum Gasteiger partial charge on any atom is -0.483 e. The number of hydrogen-bond donors (Lipinski definition) is 0. The summed E-state index contributed by atoms with van der Waals surface area (Å²) in [6.45, 7) is 5.60. The maximum atomic E-state index is 10.6. The Kier molecular flexibility index (Phi) is 5.26. The van der Waals surface area contributed by atoms with Gasteiger partial charge in [0.1, 0.15) is 12.1 Å². The lowest BCUT2D eigenvalue weighted by atomic mass is 9.98. The largest absolute Gasteiger partial charge is 0.483 e. The Morgan fingerprint density at radius 2 is 1.63 bits per heavy atom. The van der Waals surface area contributed by atoms with Crippen LogP contribution in [0.3, 0.4) is 0 Å². The molecule has 0 amide bonds. The van der Waals surface area contributed by atoms with Crippen molar-refractivity contribution in [2.45, 2.75) is 32.9 Å². The second kappa shape index (κ2) is 6.49. The van der Waals surface area contributed by atoms with Crippen molar-refractivity contribution < 1.29 is 14.4 Å². The molecule has 0 aromatic carbocycles. The van der Waals surface area contributed by atoms with Crippen molar-refractivity contribution in [2.24, 2.45) is 21.8 Å². The Hall–Kier alpha value is -1.66. The molecule has 1 aliphatic heterocycles. The fraction of sp³-hybridized carbons (Fsp3) is 0.833. The van der Waals surface area contributed by atoms with Crippen molar-refractivity contribution in [1.82, 2.24) is 0 Å². The van der Waals surface area contributed by atoms with E-state index < -0.39 is 6.04 Å². The molecule has 1 aliphatic rings. The summed E-state index contributed by atoms with van der Waals surface area (Å²) in [7, 11) is 3.05. The molecule has 7 heteroatoms. The molecular weight excluding hydrogens is 250 g/mol. The smallest absolute Gasteiger partial charge is 0.210 e. The van der Waals surface area contributed by atoms with E-state index in [0.717, 1.165) is 0 Å². The summed E-state index contributed by atoms with van der Waals surface area (Å²) in [5.74, 6) is 0.868. The Morgan fingerprint density at radius 1 is 1.16 bits per heavy atom. The van der Waals surface area contributed by atoms with Crippen LogP contribution in [0.2, 0.25) is 0 Å². The number of methoxy groups -OCH3 is 2. The topological polar surface area (TPSA) is 86.3 Å². The second-order valence-corrected chi connectivity index (χ2v) is 4.97. The number of hydrogen-bond acceptors (Lipinski definition) is 6. The van der Waals surface area contributed by atoms with E-state index in [0.29, 0.717) is 11.8 Å². The molecule has 1 heterocycles. The monoisotopic (exact) mass is 271 g/mol. The Labute approximate surface area is 112 Å². The van der Waals surface area contributed by atoms with E-state index in [-0.39, 0.29) is 29.3 Å². The van der Waals surface area contributed by atoms with Gasteiger partial charge in [-0.25, -0.2) is 9.98 Å². The van der Waals surface area contributed by atoms with Crippen molar-refractivity contribution in [2.75, 3.05) is 20.8 Å². The van der Waals surface area contributed by atoms with Gasteiger partial charge in [0, 0.05) is 4.92 Å². The van der Waals surface area contributed by atoms with E-state index in [4.69, 9.17) is 9.47 Å². The number of ether oxygens (including phenoxy) is 2. The minimum atomic E-state index is -0.458. The average Bonchev–Trinajstić information content (AvgIpc) is 2.35. The summed E-state index contributed by atoms with van der Waals surface area (Å²) in [6.07, 6.45) is 0. The van der Waals surface area contributed by atoms with Crippen LogP contribution in [0, 0.1) is 22.0 Å². The van der Waals surface area contributed by atoms with E-state index in [2.05, 4.69) is 9.98 Å². The highest BCUT2D eigenvalue weighted by molar-refractivity contribution is 5.94. The van der Waals surface area contributed by atoms with Gasteiger partial charge in [0.2, 0.25) is 18.3 Å². The molecule has 0 aromatic rings. The summed E-state index contributed by atoms with van der Waals surface area (Å²) < 4.78 is 10.5. The van der Waals surface area contributed by atoms with Gasteiger partial charge >= 0.3 is 0 Å². The molecule has 0 N–H and O–H groups in total. The minimum absolute atomic E-state index is 0.181. The van der Waals surface area contributed by atoms with Gasteiger partial charge in [0.05, 0.1) is 20.1 Å².